The van der Waals surface area contributed by atoms with Crippen molar-refractivity contribution in [1.29, 1.82) is 0 Å². The largest absolute Gasteiger partial charge is 0.465 e. The monoisotopic (exact) mass is 334 g/mol. The van der Waals surface area contributed by atoms with Crippen molar-refractivity contribution in [1.82, 2.24) is 0 Å². The number of methoxy groups -OCH3 is 2. The highest BCUT2D eigenvalue weighted by Gasteiger charge is 2.23. The maximum absolute atomic E-state index is 14.4. The fraction of sp³-hybridized carbons (Fsp3) is 0.222. The molecule has 4 nitrogen and oxygen atoms in total. The van der Waals surface area contributed by atoms with Crippen LogP contribution >= 0.6 is 0 Å². The highest BCUT2D eigenvalue weighted by Crippen LogP contribution is 2.35. The van der Waals surface area contributed by atoms with Crippen molar-refractivity contribution in [2.24, 2.45) is 0 Å². The van der Waals surface area contributed by atoms with Crippen molar-refractivity contribution < 1.29 is 27.8 Å². The molecule has 2 aromatic rings. The van der Waals surface area contributed by atoms with E-state index in [0.29, 0.717) is 0 Å². The molecule has 0 aliphatic rings. The molecular weight excluding hydrogens is 318 g/mol. The Morgan fingerprint density at radius 1 is 0.750 bits per heavy atom. The van der Waals surface area contributed by atoms with Crippen molar-refractivity contribution in [3.8, 4) is 11.1 Å². The molecule has 0 bridgehead atoms. The molecule has 0 atom stereocenters. The minimum atomic E-state index is -0.704. The SMILES string of the molecule is COC(=O)c1ccc(F)c(-c2c(F)ccc(C(=O)OC)c2C)c1C. The van der Waals surface area contributed by atoms with Gasteiger partial charge in [-0.25, -0.2) is 18.4 Å². The number of rotatable bonds is 3. The van der Waals surface area contributed by atoms with Crippen LogP contribution in [0.1, 0.15) is 31.8 Å². The van der Waals surface area contributed by atoms with E-state index in [9.17, 15) is 18.4 Å². The van der Waals surface area contributed by atoms with Crippen LogP contribution < -0.4 is 0 Å². The summed E-state index contributed by atoms with van der Waals surface area (Å²) in [6, 6.07) is 4.69. The molecule has 0 amide bonds. The second-order valence-electron chi connectivity index (χ2n) is 5.17. The predicted octanol–water partition coefficient (Wildman–Crippen LogP) is 3.82. The normalized spacial score (nSPS) is 10.4. The standard InChI is InChI=1S/C18H16F2O4/c1-9-11(17(21)23-3)5-7-13(19)15(9)16-10(2)12(18(22)24-4)6-8-14(16)20/h5-8H,1-4H3. The molecule has 0 fully saturated rings. The lowest BCUT2D eigenvalue weighted by Gasteiger charge is -2.16. The van der Waals surface area contributed by atoms with Gasteiger partial charge in [-0.1, -0.05) is 0 Å². The third kappa shape index (κ3) is 2.87. The molecule has 0 unspecified atom stereocenters. The van der Waals surface area contributed by atoms with Crippen molar-refractivity contribution in [3.63, 3.8) is 0 Å². The summed E-state index contributed by atoms with van der Waals surface area (Å²) in [5, 5.41) is 0. The van der Waals surface area contributed by atoms with Gasteiger partial charge < -0.3 is 9.47 Å². The molecular formula is C18H16F2O4. The van der Waals surface area contributed by atoms with Crippen LogP contribution in [0.4, 0.5) is 8.78 Å². The van der Waals surface area contributed by atoms with Crippen LogP contribution in [-0.4, -0.2) is 26.2 Å². The lowest BCUT2D eigenvalue weighted by molar-refractivity contribution is 0.0590. The van der Waals surface area contributed by atoms with Crippen LogP contribution in [0.3, 0.4) is 0 Å². The maximum atomic E-state index is 14.4. The Balaban J connectivity index is 2.82. The number of carbonyl (C=O) groups is 2. The summed E-state index contributed by atoms with van der Waals surface area (Å²) in [5.41, 5.74) is 0.529. The molecule has 0 heterocycles. The Kier molecular flexibility index (Phi) is 4.97. The third-order valence-corrected chi connectivity index (χ3v) is 3.89. The average Bonchev–Trinajstić information content (AvgIpc) is 2.56. The first-order valence-corrected chi connectivity index (χ1v) is 7.08. The van der Waals surface area contributed by atoms with Gasteiger partial charge in [0, 0.05) is 11.1 Å². The summed E-state index contributed by atoms with van der Waals surface area (Å²) in [6.07, 6.45) is 0. The van der Waals surface area contributed by atoms with E-state index in [1.807, 2.05) is 0 Å². The molecule has 0 aliphatic carbocycles. The fourth-order valence-corrected chi connectivity index (χ4v) is 2.63. The van der Waals surface area contributed by atoms with E-state index >= 15 is 0 Å². The van der Waals surface area contributed by atoms with Crippen molar-refractivity contribution in [3.05, 3.63) is 58.2 Å². The molecule has 2 rings (SSSR count). The number of halogens is 2. The van der Waals surface area contributed by atoms with E-state index in [-0.39, 0.29) is 33.4 Å². The molecule has 0 spiro atoms. The quantitative estimate of drug-likeness (QED) is 0.801. The average molecular weight is 334 g/mol. The maximum Gasteiger partial charge on any atom is 0.338 e. The number of carbonyl (C=O) groups excluding carboxylic acids is 2. The smallest absolute Gasteiger partial charge is 0.338 e. The Labute approximate surface area is 138 Å². The van der Waals surface area contributed by atoms with Crippen LogP contribution in [0.2, 0.25) is 0 Å². The number of hydrogen-bond donors (Lipinski definition) is 0. The molecule has 126 valence electrons. The highest BCUT2D eigenvalue weighted by atomic mass is 19.1. The van der Waals surface area contributed by atoms with Crippen LogP contribution in [0, 0.1) is 25.5 Å². The molecule has 0 radical (unpaired) electrons. The molecule has 0 aliphatic heterocycles. The topological polar surface area (TPSA) is 52.6 Å². The predicted molar refractivity (Wildman–Crippen MR) is 83.9 cm³/mol. The summed E-state index contributed by atoms with van der Waals surface area (Å²) in [6.45, 7) is 2.99. The second-order valence-corrected chi connectivity index (χ2v) is 5.17. The summed E-state index contributed by atoms with van der Waals surface area (Å²) < 4.78 is 38.2. The zero-order valence-electron chi connectivity index (χ0n) is 13.7. The lowest BCUT2D eigenvalue weighted by atomic mass is 9.90. The first-order valence-electron chi connectivity index (χ1n) is 7.08. The van der Waals surface area contributed by atoms with Crippen LogP contribution in [-0.2, 0) is 9.47 Å². The van der Waals surface area contributed by atoms with Gasteiger partial charge in [0.05, 0.1) is 25.3 Å². The van der Waals surface area contributed by atoms with Crippen molar-refractivity contribution in [2.45, 2.75) is 13.8 Å². The Morgan fingerprint density at radius 3 is 1.38 bits per heavy atom. The lowest BCUT2D eigenvalue weighted by Crippen LogP contribution is -2.09. The van der Waals surface area contributed by atoms with Gasteiger partial charge in [0.1, 0.15) is 11.6 Å². The van der Waals surface area contributed by atoms with Gasteiger partial charge in [-0.05, 0) is 49.2 Å². The molecule has 6 heteroatoms. The summed E-state index contributed by atoms with van der Waals surface area (Å²) in [7, 11) is 2.41. The van der Waals surface area contributed by atoms with E-state index in [2.05, 4.69) is 9.47 Å². The van der Waals surface area contributed by atoms with Crippen molar-refractivity contribution >= 4 is 11.9 Å². The Hall–Kier alpha value is -2.76. The third-order valence-electron chi connectivity index (χ3n) is 3.89. The van der Waals surface area contributed by atoms with Gasteiger partial charge in [0.15, 0.2) is 0 Å². The Bertz CT molecular complexity index is 759. The minimum absolute atomic E-state index is 0.0846. The number of hydrogen-bond acceptors (Lipinski definition) is 4. The zero-order chi connectivity index (χ0) is 18.0. The van der Waals surface area contributed by atoms with Gasteiger partial charge in [0.2, 0.25) is 0 Å². The minimum Gasteiger partial charge on any atom is -0.465 e. The zero-order valence-corrected chi connectivity index (χ0v) is 13.7. The van der Waals surface area contributed by atoms with Crippen LogP contribution in [0.25, 0.3) is 11.1 Å². The molecule has 24 heavy (non-hydrogen) atoms. The van der Waals surface area contributed by atoms with Gasteiger partial charge in [0.25, 0.3) is 0 Å². The molecule has 0 N–H and O–H groups in total. The van der Waals surface area contributed by atoms with Gasteiger partial charge in [-0.3, -0.25) is 0 Å². The highest BCUT2D eigenvalue weighted by molar-refractivity contribution is 5.96. The number of ether oxygens (including phenoxy) is 2. The van der Waals surface area contributed by atoms with E-state index in [1.165, 1.54) is 40.2 Å². The summed E-state index contributed by atoms with van der Waals surface area (Å²) >= 11 is 0. The number of esters is 2. The summed E-state index contributed by atoms with van der Waals surface area (Å²) in [4.78, 5) is 23.6. The van der Waals surface area contributed by atoms with Gasteiger partial charge in [-0.15, -0.1) is 0 Å². The van der Waals surface area contributed by atoms with Gasteiger partial charge in [-0.2, -0.15) is 0 Å². The first-order chi connectivity index (χ1) is 11.3. The fourth-order valence-electron chi connectivity index (χ4n) is 2.63. The molecule has 0 saturated heterocycles. The molecule has 0 aromatic heterocycles. The molecule has 2 aromatic carbocycles. The number of benzene rings is 2. The van der Waals surface area contributed by atoms with E-state index in [0.717, 1.165) is 12.1 Å². The van der Waals surface area contributed by atoms with Gasteiger partial charge >= 0.3 is 11.9 Å². The summed E-state index contributed by atoms with van der Waals surface area (Å²) in [5.74, 6) is -2.72. The molecule has 0 saturated carbocycles. The Morgan fingerprint density at radius 2 is 1.08 bits per heavy atom. The first kappa shape index (κ1) is 17.6. The van der Waals surface area contributed by atoms with Crippen molar-refractivity contribution in [2.75, 3.05) is 14.2 Å². The van der Waals surface area contributed by atoms with E-state index in [4.69, 9.17) is 0 Å². The second kappa shape index (κ2) is 6.78. The van der Waals surface area contributed by atoms with Crippen LogP contribution in [0.15, 0.2) is 24.3 Å². The van der Waals surface area contributed by atoms with Crippen LogP contribution in [0.5, 0.6) is 0 Å². The van der Waals surface area contributed by atoms with E-state index in [1.54, 1.807) is 0 Å². The van der Waals surface area contributed by atoms with E-state index < -0.39 is 23.6 Å².